The van der Waals surface area contributed by atoms with Crippen LogP contribution in [0, 0.1) is 46.8 Å². The van der Waals surface area contributed by atoms with Crippen molar-refractivity contribution in [3.8, 4) is 6.07 Å². The molecule has 0 amide bonds. The highest BCUT2D eigenvalue weighted by molar-refractivity contribution is 5.72. The maximum atomic E-state index is 11.4. The Kier molecular flexibility index (Phi) is 1.20. The largest absolute Gasteiger partial charge is 0.458 e. The van der Waals surface area contributed by atoms with Crippen molar-refractivity contribution < 1.29 is 9.53 Å². The van der Waals surface area contributed by atoms with Crippen LogP contribution in [-0.4, -0.2) is 11.6 Å². The second kappa shape index (κ2) is 2.41. The first kappa shape index (κ1) is 9.99. The monoisotopic (exact) mass is 263 g/mol. The van der Waals surface area contributed by atoms with Gasteiger partial charge in [0.1, 0.15) is 5.60 Å². The molecule has 0 N–H and O–H groups in total. The van der Waals surface area contributed by atoms with Crippen molar-refractivity contribution in [1.29, 1.82) is 5.26 Å². The van der Waals surface area contributed by atoms with Crippen molar-refractivity contribution in [1.82, 2.24) is 0 Å². The zero-order valence-corrected chi connectivity index (χ0v) is 11.0. The van der Waals surface area contributed by atoms with E-state index in [2.05, 4.69) is 18.2 Å². The number of hydrogen-bond acceptors (Lipinski definition) is 3. The summed E-state index contributed by atoms with van der Waals surface area (Å²) in [7, 11) is 0. The molecule has 98 valence electrons. The van der Waals surface area contributed by atoms with Crippen molar-refractivity contribution in [2.24, 2.45) is 35.5 Å². The average molecular weight is 263 g/mol. The molecular weight excluding hydrogens is 250 g/mol. The number of rotatable bonds is 2. The lowest BCUT2D eigenvalue weighted by Gasteiger charge is -3.09. The van der Waals surface area contributed by atoms with Crippen LogP contribution in [0.4, 0.5) is 0 Å². The smallest absolute Gasteiger partial charge is 0.303 e. The summed E-state index contributed by atoms with van der Waals surface area (Å²) in [5, 5.41) is 8.91. The molecule has 20 heavy (non-hydrogen) atoms. The number of carbonyl (C=O) groups is 1. The Morgan fingerprint density at radius 2 is 1.85 bits per heavy atom. The van der Waals surface area contributed by atoms with Gasteiger partial charge in [-0.15, -0.1) is 0 Å². The summed E-state index contributed by atoms with van der Waals surface area (Å²) in [6.07, 6.45) is 0. The third kappa shape index (κ3) is 0.566. The molecule has 0 radical (unpaired) electrons. The maximum absolute atomic E-state index is 11.4. The molecule has 0 spiro atoms. The standard InChI is InChI=1S/C17H13NO2/c1-7(19)20-17-13-10-12-11(13)15(17)16(12,14(10)17)9-4-2-8(6-18)3-5-9/h2-5,10-15H,1H3. The van der Waals surface area contributed by atoms with Crippen molar-refractivity contribution in [2.75, 3.05) is 0 Å². The van der Waals surface area contributed by atoms with Crippen LogP contribution in [-0.2, 0) is 14.9 Å². The van der Waals surface area contributed by atoms with Crippen LogP contribution >= 0.6 is 0 Å². The summed E-state index contributed by atoms with van der Waals surface area (Å²) < 4.78 is 5.75. The second-order valence-corrected chi connectivity index (χ2v) is 7.23. The topological polar surface area (TPSA) is 50.1 Å². The highest BCUT2D eigenvalue weighted by atomic mass is 16.6. The molecule has 6 aliphatic carbocycles. The molecule has 0 heterocycles. The van der Waals surface area contributed by atoms with E-state index < -0.39 is 0 Å². The van der Waals surface area contributed by atoms with Gasteiger partial charge in [-0.05, 0) is 35.4 Å². The Balaban J connectivity index is 1.42. The van der Waals surface area contributed by atoms with E-state index >= 15 is 0 Å². The zero-order valence-electron chi connectivity index (χ0n) is 11.0. The first-order valence-electron chi connectivity index (χ1n) is 7.39. The van der Waals surface area contributed by atoms with Gasteiger partial charge in [-0.25, -0.2) is 0 Å². The molecule has 0 aromatic heterocycles. The van der Waals surface area contributed by atoms with Gasteiger partial charge < -0.3 is 4.74 Å². The SMILES string of the molecule is CC(=O)OC12C3C4C5C3C1C5(c1ccc(C#N)cc1)C42. The first-order chi connectivity index (χ1) is 9.69. The normalized spacial score (nSPS) is 56.8. The molecule has 1 aromatic carbocycles. The minimum Gasteiger partial charge on any atom is -0.458 e. The van der Waals surface area contributed by atoms with Gasteiger partial charge in [0.15, 0.2) is 0 Å². The Bertz CT molecular complexity index is 723. The molecular formula is C17H13NO2. The maximum Gasteiger partial charge on any atom is 0.303 e. The number of nitriles is 1. The summed E-state index contributed by atoms with van der Waals surface area (Å²) >= 11 is 0. The number of carbonyl (C=O) groups excluding carboxylic acids is 1. The number of benzene rings is 1. The molecule has 4 unspecified atom stereocenters. The number of ether oxygens (including phenoxy) is 1. The van der Waals surface area contributed by atoms with Crippen molar-refractivity contribution in [3.63, 3.8) is 0 Å². The van der Waals surface area contributed by atoms with Crippen LogP contribution in [0.5, 0.6) is 0 Å². The fourth-order valence-corrected chi connectivity index (χ4v) is 7.34. The molecule has 7 rings (SSSR count). The fourth-order valence-electron chi connectivity index (χ4n) is 7.34. The average Bonchev–Trinajstić information content (AvgIpc) is 2.46. The van der Waals surface area contributed by atoms with Gasteiger partial charge in [-0.3, -0.25) is 4.79 Å². The van der Waals surface area contributed by atoms with E-state index in [0.717, 1.165) is 23.3 Å². The second-order valence-electron chi connectivity index (χ2n) is 7.23. The van der Waals surface area contributed by atoms with E-state index in [0.29, 0.717) is 23.2 Å². The Hall–Kier alpha value is -1.82. The van der Waals surface area contributed by atoms with Crippen molar-refractivity contribution in [3.05, 3.63) is 35.4 Å². The van der Waals surface area contributed by atoms with Crippen LogP contribution < -0.4 is 0 Å². The number of hydrogen-bond donors (Lipinski definition) is 0. The van der Waals surface area contributed by atoms with Gasteiger partial charge in [0.25, 0.3) is 0 Å². The highest BCUT2D eigenvalue weighted by Gasteiger charge is 3.12. The summed E-state index contributed by atoms with van der Waals surface area (Å²) in [4.78, 5) is 11.4. The van der Waals surface area contributed by atoms with E-state index in [1.165, 1.54) is 12.5 Å². The molecule has 6 saturated carbocycles. The Morgan fingerprint density at radius 3 is 2.40 bits per heavy atom. The zero-order chi connectivity index (χ0) is 13.4. The molecule has 4 atom stereocenters. The number of esters is 1. The van der Waals surface area contributed by atoms with Gasteiger partial charge in [0.05, 0.1) is 11.6 Å². The molecule has 3 nitrogen and oxygen atoms in total. The minimum absolute atomic E-state index is 0.0657. The quantitative estimate of drug-likeness (QED) is 0.765. The molecule has 1 aromatic rings. The summed E-state index contributed by atoms with van der Waals surface area (Å²) in [6, 6.07) is 10.3. The van der Waals surface area contributed by atoms with Gasteiger partial charge in [-0.2, -0.15) is 5.26 Å². The van der Waals surface area contributed by atoms with E-state index in [1.54, 1.807) is 0 Å². The van der Waals surface area contributed by atoms with Gasteiger partial charge >= 0.3 is 5.97 Å². The van der Waals surface area contributed by atoms with Gasteiger partial charge in [-0.1, -0.05) is 12.1 Å². The lowest BCUT2D eigenvalue weighted by Crippen LogP contribution is -3.14. The van der Waals surface area contributed by atoms with E-state index in [1.807, 2.05) is 12.1 Å². The predicted molar refractivity (Wildman–Crippen MR) is 68.3 cm³/mol. The molecule has 6 aliphatic rings. The molecule has 0 aliphatic heterocycles. The van der Waals surface area contributed by atoms with Crippen LogP contribution in [0.3, 0.4) is 0 Å². The van der Waals surface area contributed by atoms with Crippen LogP contribution in [0.15, 0.2) is 24.3 Å². The van der Waals surface area contributed by atoms with E-state index in [-0.39, 0.29) is 11.6 Å². The van der Waals surface area contributed by atoms with Crippen LogP contribution in [0.1, 0.15) is 18.1 Å². The molecule has 0 saturated heterocycles. The van der Waals surface area contributed by atoms with Crippen molar-refractivity contribution >= 4 is 5.97 Å². The van der Waals surface area contributed by atoms with Crippen molar-refractivity contribution in [2.45, 2.75) is 17.9 Å². The first-order valence-corrected chi connectivity index (χ1v) is 7.39. The summed E-state index contributed by atoms with van der Waals surface area (Å²) in [5.74, 6) is 4.27. The Labute approximate surface area is 116 Å². The lowest BCUT2D eigenvalue weighted by atomic mass is 8.94. The summed E-state index contributed by atoms with van der Waals surface area (Å²) in [5.41, 5.74) is 2.35. The number of nitrogens with zero attached hydrogens (tertiary/aromatic N) is 1. The third-order valence-electron chi connectivity index (χ3n) is 7.34. The molecule has 3 heteroatoms. The van der Waals surface area contributed by atoms with Crippen LogP contribution in [0.25, 0.3) is 0 Å². The molecule has 0 bridgehead atoms. The fraction of sp³-hybridized carbons (Fsp3) is 0.529. The predicted octanol–water partition coefficient (Wildman–Crippen LogP) is 1.86. The van der Waals surface area contributed by atoms with E-state index in [9.17, 15) is 4.79 Å². The van der Waals surface area contributed by atoms with Gasteiger partial charge in [0, 0.05) is 30.1 Å². The van der Waals surface area contributed by atoms with Crippen LogP contribution in [0.2, 0.25) is 0 Å². The lowest BCUT2D eigenvalue weighted by molar-refractivity contribution is -0.631. The minimum atomic E-state index is -0.115. The van der Waals surface area contributed by atoms with Gasteiger partial charge in [0.2, 0.25) is 0 Å². The highest BCUT2D eigenvalue weighted by Crippen LogP contribution is 3.07. The van der Waals surface area contributed by atoms with E-state index in [4.69, 9.17) is 10.00 Å². The summed E-state index contributed by atoms with van der Waals surface area (Å²) in [6.45, 7) is 1.54. The third-order valence-corrected chi connectivity index (χ3v) is 7.34. The molecule has 6 fully saturated rings. The Morgan fingerprint density at radius 1 is 1.20 bits per heavy atom.